The van der Waals surface area contributed by atoms with Gasteiger partial charge in [-0.2, -0.15) is 5.10 Å². The number of hydrogen-bond donors (Lipinski definition) is 1. The second kappa shape index (κ2) is 7.05. The van der Waals surface area contributed by atoms with Gasteiger partial charge in [-0.05, 0) is 58.0 Å². The topological polar surface area (TPSA) is 60.9 Å². The molecule has 0 radical (unpaired) electrons. The van der Waals surface area contributed by atoms with E-state index in [0.717, 1.165) is 41.9 Å². The Bertz CT molecular complexity index is 660. The Kier molecular flexibility index (Phi) is 4.65. The van der Waals surface area contributed by atoms with E-state index in [4.69, 9.17) is 0 Å². The van der Waals surface area contributed by atoms with E-state index in [9.17, 15) is 0 Å². The molecule has 6 heteroatoms. The SMILES string of the molecule is CC1CCCCN1CCC1CCN(c2ncnc3[nH]ncc23)CC1. The number of aromatic nitrogens is 4. The molecule has 2 saturated heterocycles. The number of H-pyrrole nitrogens is 1. The highest BCUT2D eigenvalue weighted by molar-refractivity contribution is 5.86. The number of rotatable bonds is 4. The van der Waals surface area contributed by atoms with Crippen molar-refractivity contribution in [2.75, 3.05) is 31.1 Å². The fraction of sp³-hybridized carbons (Fsp3) is 0.722. The van der Waals surface area contributed by atoms with E-state index in [1.54, 1.807) is 6.33 Å². The first-order valence-electron chi connectivity index (χ1n) is 9.44. The van der Waals surface area contributed by atoms with Gasteiger partial charge >= 0.3 is 0 Å². The number of fused-ring (bicyclic) bond motifs is 1. The highest BCUT2D eigenvalue weighted by Gasteiger charge is 2.24. The molecule has 2 aromatic heterocycles. The molecule has 24 heavy (non-hydrogen) atoms. The van der Waals surface area contributed by atoms with Crippen molar-refractivity contribution in [2.45, 2.75) is 51.5 Å². The minimum absolute atomic E-state index is 0.786. The lowest BCUT2D eigenvalue weighted by Crippen LogP contribution is -2.40. The highest BCUT2D eigenvalue weighted by atomic mass is 15.2. The van der Waals surface area contributed by atoms with E-state index < -0.39 is 0 Å². The maximum absolute atomic E-state index is 4.50. The fourth-order valence-corrected chi connectivity index (χ4v) is 4.28. The second-order valence-electron chi connectivity index (χ2n) is 7.43. The first-order chi connectivity index (χ1) is 11.8. The van der Waals surface area contributed by atoms with Crippen LogP contribution in [0, 0.1) is 5.92 Å². The van der Waals surface area contributed by atoms with Gasteiger partial charge < -0.3 is 9.80 Å². The Morgan fingerprint density at radius 1 is 1.12 bits per heavy atom. The van der Waals surface area contributed by atoms with Crippen molar-refractivity contribution in [3.63, 3.8) is 0 Å². The molecule has 0 aromatic carbocycles. The summed E-state index contributed by atoms with van der Waals surface area (Å²) in [6.07, 6.45) is 11.6. The van der Waals surface area contributed by atoms with E-state index in [2.05, 4.69) is 36.9 Å². The molecule has 0 spiro atoms. The van der Waals surface area contributed by atoms with Crippen molar-refractivity contribution in [1.29, 1.82) is 0 Å². The zero-order valence-corrected chi connectivity index (χ0v) is 14.6. The molecular formula is C18H28N6. The Morgan fingerprint density at radius 3 is 2.83 bits per heavy atom. The summed E-state index contributed by atoms with van der Waals surface area (Å²) in [5.41, 5.74) is 0.834. The highest BCUT2D eigenvalue weighted by Crippen LogP contribution is 2.28. The van der Waals surface area contributed by atoms with Gasteiger partial charge in [0.25, 0.3) is 0 Å². The van der Waals surface area contributed by atoms with Crippen LogP contribution < -0.4 is 4.90 Å². The number of likely N-dealkylation sites (tertiary alicyclic amines) is 1. The molecule has 2 aliphatic rings. The molecule has 2 fully saturated rings. The standard InChI is InChI=1S/C18H28N6/c1-14-4-2-3-8-23(14)9-5-15-6-10-24(11-7-15)18-16-12-21-22-17(16)19-13-20-18/h12-15H,2-11H2,1H3,(H,19,20,21,22). The number of piperidine rings is 2. The lowest BCUT2D eigenvalue weighted by Gasteiger charge is -2.36. The van der Waals surface area contributed by atoms with Crippen LogP contribution in [-0.2, 0) is 0 Å². The predicted molar refractivity (Wildman–Crippen MR) is 96.1 cm³/mol. The third-order valence-electron chi connectivity index (χ3n) is 5.91. The third kappa shape index (κ3) is 3.24. The van der Waals surface area contributed by atoms with E-state index >= 15 is 0 Å². The van der Waals surface area contributed by atoms with Gasteiger partial charge in [0.15, 0.2) is 5.65 Å². The molecule has 0 aliphatic carbocycles. The number of aromatic amines is 1. The Labute approximate surface area is 143 Å². The third-order valence-corrected chi connectivity index (χ3v) is 5.91. The molecule has 2 aromatic rings. The van der Waals surface area contributed by atoms with Crippen molar-refractivity contribution in [1.82, 2.24) is 25.1 Å². The van der Waals surface area contributed by atoms with Gasteiger partial charge in [-0.25, -0.2) is 9.97 Å². The first kappa shape index (κ1) is 15.8. The van der Waals surface area contributed by atoms with Crippen LogP contribution in [0.3, 0.4) is 0 Å². The molecule has 6 nitrogen and oxygen atoms in total. The zero-order chi connectivity index (χ0) is 16.4. The van der Waals surface area contributed by atoms with Crippen molar-refractivity contribution in [3.8, 4) is 0 Å². The summed E-state index contributed by atoms with van der Waals surface area (Å²) in [5, 5.41) is 8.08. The van der Waals surface area contributed by atoms with Crippen molar-refractivity contribution >= 4 is 16.9 Å². The maximum atomic E-state index is 4.50. The van der Waals surface area contributed by atoms with Crippen LogP contribution in [0.2, 0.25) is 0 Å². The number of anilines is 1. The Morgan fingerprint density at radius 2 is 2.00 bits per heavy atom. The van der Waals surface area contributed by atoms with Gasteiger partial charge in [0, 0.05) is 19.1 Å². The minimum atomic E-state index is 0.786. The van der Waals surface area contributed by atoms with Crippen LogP contribution in [0.1, 0.15) is 45.4 Å². The molecule has 130 valence electrons. The van der Waals surface area contributed by atoms with E-state index in [1.807, 2.05) is 6.20 Å². The van der Waals surface area contributed by atoms with E-state index in [-0.39, 0.29) is 0 Å². The van der Waals surface area contributed by atoms with Crippen molar-refractivity contribution < 1.29 is 0 Å². The minimum Gasteiger partial charge on any atom is -0.356 e. The van der Waals surface area contributed by atoms with Crippen LogP contribution in [0.25, 0.3) is 11.0 Å². The van der Waals surface area contributed by atoms with Gasteiger partial charge in [-0.1, -0.05) is 6.42 Å². The molecule has 0 saturated carbocycles. The fourth-order valence-electron chi connectivity index (χ4n) is 4.28. The summed E-state index contributed by atoms with van der Waals surface area (Å²) >= 11 is 0. The quantitative estimate of drug-likeness (QED) is 0.935. The summed E-state index contributed by atoms with van der Waals surface area (Å²) in [6.45, 7) is 7.17. The Hall–Kier alpha value is -1.69. The number of hydrogen-bond acceptors (Lipinski definition) is 5. The van der Waals surface area contributed by atoms with Crippen LogP contribution in [-0.4, -0.2) is 57.3 Å². The van der Waals surface area contributed by atoms with Crippen LogP contribution in [0.4, 0.5) is 5.82 Å². The Balaban J connectivity index is 1.31. The average molecular weight is 328 g/mol. The first-order valence-corrected chi connectivity index (χ1v) is 9.44. The van der Waals surface area contributed by atoms with Gasteiger partial charge in [0.1, 0.15) is 12.1 Å². The van der Waals surface area contributed by atoms with Crippen molar-refractivity contribution in [3.05, 3.63) is 12.5 Å². The zero-order valence-electron chi connectivity index (χ0n) is 14.6. The molecule has 2 aliphatic heterocycles. The largest absolute Gasteiger partial charge is 0.356 e. The molecule has 0 bridgehead atoms. The van der Waals surface area contributed by atoms with Crippen LogP contribution >= 0.6 is 0 Å². The molecule has 1 atom stereocenters. The van der Waals surface area contributed by atoms with Crippen LogP contribution in [0.15, 0.2) is 12.5 Å². The van der Waals surface area contributed by atoms with Crippen molar-refractivity contribution in [2.24, 2.45) is 5.92 Å². The maximum Gasteiger partial charge on any atom is 0.160 e. The monoisotopic (exact) mass is 328 g/mol. The lowest BCUT2D eigenvalue weighted by molar-refractivity contribution is 0.147. The normalized spacial score (nSPS) is 23.9. The smallest absolute Gasteiger partial charge is 0.160 e. The molecular weight excluding hydrogens is 300 g/mol. The number of nitrogens with zero attached hydrogens (tertiary/aromatic N) is 5. The van der Waals surface area contributed by atoms with E-state index in [0.29, 0.717) is 0 Å². The van der Waals surface area contributed by atoms with E-state index in [1.165, 1.54) is 51.6 Å². The van der Waals surface area contributed by atoms with Gasteiger partial charge in [0.05, 0.1) is 11.6 Å². The van der Waals surface area contributed by atoms with Gasteiger partial charge in [-0.3, -0.25) is 5.10 Å². The van der Waals surface area contributed by atoms with Gasteiger partial charge in [0.2, 0.25) is 0 Å². The molecule has 0 amide bonds. The summed E-state index contributed by atoms with van der Waals surface area (Å²) in [6, 6.07) is 0.786. The molecule has 4 rings (SSSR count). The summed E-state index contributed by atoms with van der Waals surface area (Å²) in [4.78, 5) is 13.8. The lowest BCUT2D eigenvalue weighted by atomic mass is 9.92. The van der Waals surface area contributed by atoms with Gasteiger partial charge in [-0.15, -0.1) is 0 Å². The second-order valence-corrected chi connectivity index (χ2v) is 7.43. The van der Waals surface area contributed by atoms with Crippen LogP contribution in [0.5, 0.6) is 0 Å². The molecule has 1 unspecified atom stereocenters. The molecule has 1 N–H and O–H groups in total. The average Bonchev–Trinajstić information content (AvgIpc) is 3.10. The number of nitrogens with one attached hydrogen (secondary N) is 1. The summed E-state index contributed by atoms with van der Waals surface area (Å²) in [7, 11) is 0. The predicted octanol–water partition coefficient (Wildman–Crippen LogP) is 2.83. The summed E-state index contributed by atoms with van der Waals surface area (Å²) in [5.74, 6) is 1.90. The molecule has 4 heterocycles. The summed E-state index contributed by atoms with van der Waals surface area (Å²) < 4.78 is 0.